The predicted molar refractivity (Wildman–Crippen MR) is 138 cm³/mol. The van der Waals surface area contributed by atoms with Crippen LogP contribution in [0.15, 0.2) is 47.5 Å². The maximum atomic E-state index is 6.10. The monoisotopic (exact) mass is 559 g/mol. The van der Waals surface area contributed by atoms with Crippen LogP contribution < -0.4 is 25.4 Å². The topological polar surface area (TPSA) is 75.4 Å². The molecule has 0 aromatic heterocycles. The first-order valence-corrected chi connectivity index (χ1v) is 10.4. The highest BCUT2D eigenvalue weighted by Crippen LogP contribution is 2.27. The normalized spacial score (nSPS) is 14.7. The van der Waals surface area contributed by atoms with E-state index in [2.05, 4.69) is 26.2 Å². The summed E-state index contributed by atoms with van der Waals surface area (Å²) in [6.45, 7) is 6.17. The van der Waals surface area contributed by atoms with Crippen molar-refractivity contribution in [3.05, 3.63) is 53.1 Å². The standard InChI is InChI=1S/C22H30ClN5O2.HI/c1-29-20-7-6-17(14-21(20)30-2)16-26-22(24)25-8-9-27-10-12-28(13-11-27)19-5-3-4-18(23)15-19;/h3-7,14-15H,8-13,16H2,1-2H3,(H3,24,25,26);1H. The number of hydrogen-bond acceptors (Lipinski definition) is 5. The number of hydrogen-bond donors (Lipinski definition) is 2. The molecule has 1 aliphatic rings. The summed E-state index contributed by atoms with van der Waals surface area (Å²) < 4.78 is 10.6. The fourth-order valence-electron chi connectivity index (χ4n) is 3.46. The zero-order valence-electron chi connectivity index (χ0n) is 18.0. The summed E-state index contributed by atoms with van der Waals surface area (Å²) in [5, 5.41) is 3.98. The minimum atomic E-state index is 0. The van der Waals surface area contributed by atoms with Gasteiger partial charge in [-0.15, -0.1) is 24.0 Å². The number of methoxy groups -OCH3 is 2. The van der Waals surface area contributed by atoms with Gasteiger partial charge in [-0.2, -0.15) is 0 Å². The van der Waals surface area contributed by atoms with Crippen LogP contribution in [0.5, 0.6) is 11.5 Å². The van der Waals surface area contributed by atoms with E-state index in [4.69, 9.17) is 26.8 Å². The molecular formula is C22H31ClIN5O2. The van der Waals surface area contributed by atoms with E-state index in [-0.39, 0.29) is 24.0 Å². The maximum Gasteiger partial charge on any atom is 0.188 e. The van der Waals surface area contributed by atoms with Gasteiger partial charge in [0.15, 0.2) is 17.5 Å². The summed E-state index contributed by atoms with van der Waals surface area (Å²) >= 11 is 6.10. The molecule has 0 aliphatic carbocycles. The van der Waals surface area contributed by atoms with Crippen LogP contribution in [0.3, 0.4) is 0 Å². The Balaban J connectivity index is 0.00000341. The molecule has 1 heterocycles. The van der Waals surface area contributed by atoms with Crippen molar-refractivity contribution in [2.24, 2.45) is 10.7 Å². The summed E-state index contributed by atoms with van der Waals surface area (Å²) in [7, 11) is 3.24. The van der Waals surface area contributed by atoms with Crippen molar-refractivity contribution < 1.29 is 9.47 Å². The van der Waals surface area contributed by atoms with Gasteiger partial charge in [0.05, 0.1) is 20.8 Å². The first-order chi connectivity index (χ1) is 14.6. The third kappa shape index (κ3) is 7.62. The fraction of sp³-hybridized carbons (Fsp3) is 0.409. The van der Waals surface area contributed by atoms with Crippen molar-refractivity contribution in [1.82, 2.24) is 10.2 Å². The molecule has 1 saturated heterocycles. The number of ether oxygens (including phenoxy) is 2. The lowest BCUT2D eigenvalue weighted by atomic mass is 10.2. The number of rotatable bonds is 8. The van der Waals surface area contributed by atoms with Gasteiger partial charge in [-0.05, 0) is 35.9 Å². The second kappa shape index (κ2) is 12.8. The van der Waals surface area contributed by atoms with Crippen molar-refractivity contribution in [1.29, 1.82) is 0 Å². The van der Waals surface area contributed by atoms with E-state index in [9.17, 15) is 0 Å². The van der Waals surface area contributed by atoms with Crippen molar-refractivity contribution in [2.75, 3.05) is 58.4 Å². The molecule has 3 N–H and O–H groups in total. The van der Waals surface area contributed by atoms with Crippen LogP contribution in [0.4, 0.5) is 5.69 Å². The zero-order chi connectivity index (χ0) is 21.3. The van der Waals surface area contributed by atoms with Gasteiger partial charge in [-0.1, -0.05) is 23.7 Å². The number of nitrogens with zero attached hydrogens (tertiary/aromatic N) is 3. The lowest BCUT2D eigenvalue weighted by Gasteiger charge is -2.36. The number of guanidine groups is 1. The maximum absolute atomic E-state index is 6.10. The van der Waals surface area contributed by atoms with Crippen LogP contribution in [0.2, 0.25) is 5.02 Å². The summed E-state index contributed by atoms with van der Waals surface area (Å²) in [5.74, 6) is 1.84. The molecule has 0 spiro atoms. The van der Waals surface area contributed by atoms with E-state index in [0.29, 0.717) is 24.0 Å². The lowest BCUT2D eigenvalue weighted by Crippen LogP contribution is -2.49. The van der Waals surface area contributed by atoms with Crippen LogP contribution in [-0.4, -0.2) is 64.3 Å². The van der Waals surface area contributed by atoms with Gasteiger partial charge in [0.2, 0.25) is 0 Å². The third-order valence-electron chi connectivity index (χ3n) is 5.16. The quantitative estimate of drug-likeness (QED) is 0.294. The molecule has 1 aliphatic heterocycles. The zero-order valence-corrected chi connectivity index (χ0v) is 21.1. The van der Waals surface area contributed by atoms with Crippen LogP contribution in [-0.2, 0) is 6.54 Å². The molecule has 0 radical (unpaired) electrons. The predicted octanol–water partition coefficient (Wildman–Crippen LogP) is 3.20. The van der Waals surface area contributed by atoms with Gasteiger partial charge in [-0.3, -0.25) is 4.90 Å². The molecule has 0 unspecified atom stereocenters. The second-order valence-electron chi connectivity index (χ2n) is 7.13. The SMILES string of the molecule is COc1ccc(CN=C(N)NCCN2CCN(c3cccc(Cl)c3)CC2)cc1OC.I. The number of halogens is 2. The number of piperazine rings is 1. The summed E-state index contributed by atoms with van der Waals surface area (Å²) in [4.78, 5) is 9.21. The Bertz CT molecular complexity index is 860. The molecule has 9 heteroatoms. The van der Waals surface area contributed by atoms with Crippen molar-refractivity contribution in [3.63, 3.8) is 0 Å². The summed E-state index contributed by atoms with van der Waals surface area (Å²) in [6, 6.07) is 13.8. The van der Waals surface area contributed by atoms with Crippen LogP contribution >= 0.6 is 35.6 Å². The van der Waals surface area contributed by atoms with Crippen molar-refractivity contribution in [3.8, 4) is 11.5 Å². The average molecular weight is 560 g/mol. The van der Waals surface area contributed by atoms with Gasteiger partial charge in [0, 0.05) is 50.0 Å². The Hall–Kier alpha value is -1.91. The fourth-order valence-corrected chi connectivity index (χ4v) is 3.64. The number of aliphatic imine (C=N–C) groups is 1. The summed E-state index contributed by atoms with van der Waals surface area (Å²) in [5.41, 5.74) is 8.22. The molecule has 170 valence electrons. The van der Waals surface area contributed by atoms with Crippen LogP contribution in [0, 0.1) is 0 Å². The molecule has 3 rings (SSSR count). The Morgan fingerprint density at radius 3 is 2.48 bits per heavy atom. The minimum absolute atomic E-state index is 0. The minimum Gasteiger partial charge on any atom is -0.493 e. The van der Waals surface area contributed by atoms with Crippen LogP contribution in [0.25, 0.3) is 0 Å². The Morgan fingerprint density at radius 1 is 1.06 bits per heavy atom. The first kappa shape index (κ1) is 25.4. The largest absolute Gasteiger partial charge is 0.493 e. The number of nitrogens with one attached hydrogen (secondary N) is 1. The second-order valence-corrected chi connectivity index (χ2v) is 7.56. The van der Waals surface area contributed by atoms with Gasteiger partial charge in [0.25, 0.3) is 0 Å². The molecule has 2 aromatic carbocycles. The molecule has 0 atom stereocenters. The molecule has 0 saturated carbocycles. The van der Waals surface area contributed by atoms with Crippen molar-refractivity contribution in [2.45, 2.75) is 6.54 Å². The van der Waals surface area contributed by atoms with Gasteiger partial charge in [0.1, 0.15) is 0 Å². The molecular weight excluding hydrogens is 529 g/mol. The number of nitrogens with two attached hydrogens (primary N) is 1. The van der Waals surface area contributed by atoms with Crippen molar-refractivity contribution >= 4 is 47.2 Å². The Kier molecular flexibility index (Phi) is 10.5. The Morgan fingerprint density at radius 2 is 1.81 bits per heavy atom. The van der Waals surface area contributed by atoms with Gasteiger partial charge >= 0.3 is 0 Å². The highest BCUT2D eigenvalue weighted by Gasteiger charge is 2.17. The van der Waals surface area contributed by atoms with E-state index in [1.807, 2.05) is 36.4 Å². The molecule has 0 amide bonds. The smallest absolute Gasteiger partial charge is 0.188 e. The molecule has 31 heavy (non-hydrogen) atoms. The highest BCUT2D eigenvalue weighted by molar-refractivity contribution is 14.0. The van der Waals surface area contributed by atoms with Gasteiger partial charge in [-0.25, -0.2) is 4.99 Å². The van der Waals surface area contributed by atoms with E-state index in [1.54, 1.807) is 14.2 Å². The summed E-state index contributed by atoms with van der Waals surface area (Å²) in [6.07, 6.45) is 0. The van der Waals surface area contributed by atoms with E-state index >= 15 is 0 Å². The first-order valence-electron chi connectivity index (χ1n) is 10.1. The molecule has 2 aromatic rings. The van der Waals surface area contributed by atoms with E-state index < -0.39 is 0 Å². The average Bonchev–Trinajstić information content (AvgIpc) is 2.78. The molecule has 1 fully saturated rings. The lowest BCUT2D eigenvalue weighted by molar-refractivity contribution is 0.261. The van der Waals surface area contributed by atoms with Crippen LogP contribution in [0.1, 0.15) is 5.56 Å². The highest BCUT2D eigenvalue weighted by atomic mass is 127. The molecule has 0 bridgehead atoms. The van der Waals surface area contributed by atoms with E-state index in [1.165, 1.54) is 5.69 Å². The van der Waals surface area contributed by atoms with E-state index in [0.717, 1.165) is 49.9 Å². The third-order valence-corrected chi connectivity index (χ3v) is 5.39. The number of anilines is 1. The number of benzene rings is 2. The molecule has 7 nitrogen and oxygen atoms in total. The van der Waals surface area contributed by atoms with Gasteiger partial charge < -0.3 is 25.4 Å². The Labute approximate surface area is 206 Å².